The number of nitrogens with one attached hydrogen (secondary N) is 1. The number of hydrogen-bond donors (Lipinski definition) is 1. The van der Waals surface area contributed by atoms with Gasteiger partial charge in [0, 0.05) is 0 Å². The van der Waals surface area contributed by atoms with Crippen molar-refractivity contribution in [3.63, 3.8) is 0 Å². The zero-order valence-electron chi connectivity index (χ0n) is 9.59. The molecule has 0 aromatic carbocycles. The summed E-state index contributed by atoms with van der Waals surface area (Å²) in [5, 5.41) is 3.18. The molecule has 5 nitrogen and oxygen atoms in total. The minimum atomic E-state index is -1.08. The molecule has 104 valence electrons. The lowest BCUT2D eigenvalue weighted by atomic mass is 9.99. The van der Waals surface area contributed by atoms with Crippen molar-refractivity contribution in [2.24, 2.45) is 5.92 Å². The van der Waals surface area contributed by atoms with Gasteiger partial charge in [-0.1, -0.05) is 0 Å². The topological polar surface area (TPSA) is 64.6 Å². The predicted octanol–water partition coefficient (Wildman–Crippen LogP) is 1.91. The molecular weight excluding hydrogens is 438 g/mol. The molecule has 0 aliphatic carbocycles. The summed E-state index contributed by atoms with van der Waals surface area (Å²) in [7, 11) is 0. The van der Waals surface area contributed by atoms with Crippen molar-refractivity contribution < 1.29 is 19.1 Å². The molecule has 0 radical (unpaired) electrons. The van der Waals surface area contributed by atoms with Gasteiger partial charge in [-0.15, -0.1) is 0 Å². The summed E-state index contributed by atoms with van der Waals surface area (Å²) in [4.78, 5) is 22.9. The third kappa shape index (κ3) is 5.99. The minimum absolute atomic E-state index is 0.0374. The Kier molecular flexibility index (Phi) is 7.12. The van der Waals surface area contributed by atoms with Crippen LogP contribution in [0, 0.1) is 5.92 Å². The van der Waals surface area contributed by atoms with Gasteiger partial charge in [-0.05, 0) is 73.7 Å². The molecule has 0 amide bonds. The fourth-order valence-corrected chi connectivity index (χ4v) is 1.88. The first kappa shape index (κ1) is 16.4. The van der Waals surface area contributed by atoms with Gasteiger partial charge < -0.3 is 14.8 Å². The number of rotatable bonds is 4. The quantitative estimate of drug-likeness (QED) is 0.402. The number of esters is 2. The summed E-state index contributed by atoms with van der Waals surface area (Å²) >= 11 is 9.09. The first-order valence-corrected chi connectivity index (χ1v) is 7.90. The van der Waals surface area contributed by atoms with Crippen LogP contribution in [0.2, 0.25) is 0 Å². The largest absolute Gasteiger partial charge is 0.462 e. The van der Waals surface area contributed by atoms with Gasteiger partial charge in [0.1, 0.15) is 13.2 Å². The van der Waals surface area contributed by atoms with Crippen molar-refractivity contribution in [2.45, 2.75) is 15.0 Å². The van der Waals surface area contributed by atoms with Crippen molar-refractivity contribution in [3.05, 3.63) is 0 Å². The molecule has 1 fully saturated rings. The molecule has 1 aliphatic heterocycles. The Balaban J connectivity index is 2.14. The fraction of sp³-hybridized carbons (Fsp3) is 0.800. The molecule has 0 aromatic rings. The Morgan fingerprint density at radius 3 is 2.22 bits per heavy atom. The molecule has 0 saturated carbocycles. The van der Waals surface area contributed by atoms with Crippen molar-refractivity contribution in [2.75, 3.05) is 26.3 Å². The Labute approximate surface area is 131 Å². The van der Waals surface area contributed by atoms with Crippen LogP contribution in [0.4, 0.5) is 0 Å². The van der Waals surface area contributed by atoms with Gasteiger partial charge in [0.2, 0.25) is 2.14 Å². The first-order chi connectivity index (χ1) is 8.41. The van der Waals surface area contributed by atoms with Crippen LogP contribution in [0.1, 0.15) is 12.8 Å². The maximum absolute atomic E-state index is 11.6. The van der Waals surface area contributed by atoms with E-state index in [0.29, 0.717) is 0 Å². The van der Waals surface area contributed by atoms with Crippen LogP contribution >= 0.6 is 47.8 Å². The van der Waals surface area contributed by atoms with E-state index in [1.165, 1.54) is 0 Å². The van der Waals surface area contributed by atoms with Crippen LogP contribution in [0.15, 0.2) is 0 Å². The molecule has 0 bridgehead atoms. The lowest BCUT2D eigenvalue weighted by Crippen LogP contribution is -2.33. The van der Waals surface area contributed by atoms with Crippen molar-refractivity contribution in [1.29, 1.82) is 0 Å². The fourth-order valence-electron chi connectivity index (χ4n) is 1.53. The van der Waals surface area contributed by atoms with Gasteiger partial charge in [0.25, 0.3) is 0 Å². The van der Waals surface area contributed by atoms with Crippen LogP contribution in [0.3, 0.4) is 0 Å². The van der Waals surface area contributed by atoms with E-state index < -0.39 is 8.11 Å². The molecule has 18 heavy (non-hydrogen) atoms. The number of alkyl halides is 3. The van der Waals surface area contributed by atoms with Crippen molar-refractivity contribution in [1.82, 2.24) is 5.32 Å². The molecular formula is C10H14Br3NO4. The second-order valence-electron chi connectivity index (χ2n) is 3.83. The second-order valence-corrected chi connectivity index (χ2v) is 10.6. The molecule has 0 spiro atoms. The number of hydrogen-bond acceptors (Lipinski definition) is 5. The summed E-state index contributed by atoms with van der Waals surface area (Å²) in [6.45, 7) is 1.81. The highest BCUT2D eigenvalue weighted by Crippen LogP contribution is 2.34. The molecule has 1 N–H and O–H groups in total. The summed E-state index contributed by atoms with van der Waals surface area (Å²) in [5.74, 6) is -0.777. The summed E-state index contributed by atoms with van der Waals surface area (Å²) in [6.07, 6.45) is 1.60. The van der Waals surface area contributed by atoms with E-state index in [2.05, 4.69) is 53.1 Å². The number of carbonyl (C=O) groups is 2. The van der Waals surface area contributed by atoms with Gasteiger partial charge in [-0.3, -0.25) is 4.79 Å². The van der Waals surface area contributed by atoms with E-state index in [-0.39, 0.29) is 25.1 Å². The Bertz CT molecular complexity index is 300. The number of ether oxygens (including phenoxy) is 2. The number of carbonyl (C=O) groups excluding carboxylic acids is 2. The normalized spacial score (nSPS) is 17.3. The highest BCUT2D eigenvalue weighted by atomic mass is 80.0. The summed E-state index contributed by atoms with van der Waals surface area (Å²) in [5.41, 5.74) is 0. The van der Waals surface area contributed by atoms with Gasteiger partial charge in [0.05, 0.1) is 5.92 Å². The highest BCUT2D eigenvalue weighted by molar-refractivity contribution is 9.40. The van der Waals surface area contributed by atoms with Gasteiger partial charge in [-0.2, -0.15) is 0 Å². The third-order valence-electron chi connectivity index (χ3n) is 2.46. The van der Waals surface area contributed by atoms with Crippen molar-refractivity contribution >= 4 is 59.7 Å². The van der Waals surface area contributed by atoms with Crippen LogP contribution in [0.5, 0.6) is 0 Å². The minimum Gasteiger partial charge on any atom is -0.462 e. The van der Waals surface area contributed by atoms with Crippen LogP contribution < -0.4 is 5.32 Å². The van der Waals surface area contributed by atoms with Crippen molar-refractivity contribution in [3.8, 4) is 0 Å². The lowest BCUT2D eigenvalue weighted by Gasteiger charge is -2.21. The van der Waals surface area contributed by atoms with E-state index in [0.717, 1.165) is 25.9 Å². The Morgan fingerprint density at radius 1 is 1.11 bits per heavy atom. The van der Waals surface area contributed by atoms with Gasteiger partial charge in [-0.25, -0.2) is 4.79 Å². The average molecular weight is 452 g/mol. The molecule has 1 heterocycles. The number of piperidine rings is 1. The summed E-state index contributed by atoms with van der Waals surface area (Å²) in [6, 6.07) is 0. The zero-order chi connectivity index (χ0) is 13.6. The smallest absolute Gasteiger partial charge is 0.345 e. The Hall–Kier alpha value is 0.340. The number of halogens is 3. The average Bonchev–Trinajstić information content (AvgIpc) is 2.34. The molecule has 0 aromatic heterocycles. The SMILES string of the molecule is O=C(OCCOC(=O)C(Br)(Br)Br)C1CCNCC1. The molecule has 1 rings (SSSR count). The Morgan fingerprint density at radius 2 is 1.67 bits per heavy atom. The molecule has 1 aliphatic rings. The lowest BCUT2D eigenvalue weighted by molar-refractivity contribution is -0.155. The zero-order valence-corrected chi connectivity index (χ0v) is 14.3. The molecule has 1 saturated heterocycles. The van der Waals surface area contributed by atoms with E-state index in [4.69, 9.17) is 9.47 Å². The van der Waals surface area contributed by atoms with Gasteiger partial charge >= 0.3 is 11.9 Å². The van der Waals surface area contributed by atoms with E-state index >= 15 is 0 Å². The molecule has 8 heteroatoms. The second kappa shape index (κ2) is 7.81. The predicted molar refractivity (Wildman–Crippen MR) is 77.0 cm³/mol. The van der Waals surface area contributed by atoms with E-state index in [1.807, 2.05) is 0 Å². The standard InChI is InChI=1S/C10H14Br3NO4/c11-10(12,13)9(16)18-6-5-17-8(15)7-1-3-14-4-2-7/h7,14H,1-6H2. The monoisotopic (exact) mass is 449 g/mol. The van der Waals surface area contributed by atoms with Crippen LogP contribution in [-0.2, 0) is 19.1 Å². The van der Waals surface area contributed by atoms with Gasteiger partial charge in [0.15, 0.2) is 0 Å². The highest BCUT2D eigenvalue weighted by Gasteiger charge is 2.30. The summed E-state index contributed by atoms with van der Waals surface area (Å²) < 4.78 is 8.85. The third-order valence-corrected chi connectivity index (χ3v) is 3.44. The van der Waals surface area contributed by atoms with E-state index in [9.17, 15) is 9.59 Å². The molecule has 0 atom stereocenters. The maximum Gasteiger partial charge on any atom is 0.345 e. The van der Waals surface area contributed by atoms with Crippen LogP contribution in [-0.4, -0.2) is 40.4 Å². The maximum atomic E-state index is 11.6. The van der Waals surface area contributed by atoms with Crippen LogP contribution in [0.25, 0.3) is 0 Å². The van der Waals surface area contributed by atoms with E-state index in [1.54, 1.807) is 0 Å². The molecule has 0 unspecified atom stereocenters. The first-order valence-electron chi connectivity index (χ1n) is 5.52.